The van der Waals surface area contributed by atoms with Crippen LogP contribution in [-0.4, -0.2) is 10.2 Å². The molecular formula is C11H18N2. The van der Waals surface area contributed by atoms with Gasteiger partial charge in [-0.3, -0.25) is 5.10 Å². The van der Waals surface area contributed by atoms with Crippen LogP contribution in [0.15, 0.2) is 12.7 Å². The SMILES string of the molecule is C=CC(CCC)c1c(C)n[nH]c1C. The average Bonchev–Trinajstić information content (AvgIpc) is 2.43. The third kappa shape index (κ3) is 2.00. The molecule has 1 rings (SSSR count). The Morgan fingerprint density at radius 3 is 2.62 bits per heavy atom. The topological polar surface area (TPSA) is 28.7 Å². The fourth-order valence-electron chi connectivity index (χ4n) is 1.80. The molecule has 1 aromatic rings. The van der Waals surface area contributed by atoms with Gasteiger partial charge in [-0.2, -0.15) is 5.10 Å². The molecule has 0 fully saturated rings. The van der Waals surface area contributed by atoms with Crippen LogP contribution in [0.5, 0.6) is 0 Å². The molecule has 0 saturated heterocycles. The first kappa shape index (κ1) is 10.0. The highest BCUT2D eigenvalue weighted by Crippen LogP contribution is 2.26. The minimum atomic E-state index is 0.462. The van der Waals surface area contributed by atoms with Crippen molar-refractivity contribution in [3.8, 4) is 0 Å². The van der Waals surface area contributed by atoms with Gasteiger partial charge in [0.15, 0.2) is 0 Å². The van der Waals surface area contributed by atoms with Crippen LogP contribution in [0.25, 0.3) is 0 Å². The minimum absolute atomic E-state index is 0.462. The van der Waals surface area contributed by atoms with Crippen molar-refractivity contribution in [2.45, 2.75) is 39.5 Å². The molecule has 0 saturated carbocycles. The number of allylic oxidation sites excluding steroid dienone is 1. The monoisotopic (exact) mass is 178 g/mol. The lowest BCUT2D eigenvalue weighted by Gasteiger charge is -2.11. The first-order valence-electron chi connectivity index (χ1n) is 4.84. The summed E-state index contributed by atoms with van der Waals surface area (Å²) in [6, 6.07) is 0. The third-order valence-electron chi connectivity index (χ3n) is 2.44. The lowest BCUT2D eigenvalue weighted by Crippen LogP contribution is -1.97. The maximum absolute atomic E-state index is 4.19. The van der Waals surface area contributed by atoms with Crippen molar-refractivity contribution in [1.29, 1.82) is 0 Å². The van der Waals surface area contributed by atoms with E-state index in [2.05, 4.69) is 30.6 Å². The van der Waals surface area contributed by atoms with Gasteiger partial charge >= 0.3 is 0 Å². The summed E-state index contributed by atoms with van der Waals surface area (Å²) in [4.78, 5) is 0. The van der Waals surface area contributed by atoms with Crippen molar-refractivity contribution in [2.75, 3.05) is 0 Å². The molecule has 1 aromatic heterocycles. The van der Waals surface area contributed by atoms with E-state index in [4.69, 9.17) is 0 Å². The van der Waals surface area contributed by atoms with E-state index in [0.717, 1.165) is 12.1 Å². The van der Waals surface area contributed by atoms with Gasteiger partial charge in [0.2, 0.25) is 0 Å². The number of aryl methyl sites for hydroxylation is 2. The van der Waals surface area contributed by atoms with Crippen LogP contribution < -0.4 is 0 Å². The average molecular weight is 178 g/mol. The highest BCUT2D eigenvalue weighted by atomic mass is 15.1. The fourth-order valence-corrected chi connectivity index (χ4v) is 1.80. The van der Waals surface area contributed by atoms with Crippen LogP contribution in [-0.2, 0) is 0 Å². The molecule has 1 atom stereocenters. The number of hydrogen-bond acceptors (Lipinski definition) is 1. The zero-order valence-corrected chi connectivity index (χ0v) is 8.72. The van der Waals surface area contributed by atoms with Crippen LogP contribution in [0.1, 0.15) is 42.6 Å². The summed E-state index contributed by atoms with van der Waals surface area (Å²) >= 11 is 0. The smallest absolute Gasteiger partial charge is 0.0631 e. The number of aromatic amines is 1. The number of nitrogens with one attached hydrogen (secondary N) is 1. The van der Waals surface area contributed by atoms with E-state index in [-0.39, 0.29) is 0 Å². The normalized spacial score (nSPS) is 12.8. The van der Waals surface area contributed by atoms with E-state index in [9.17, 15) is 0 Å². The Kier molecular flexibility index (Phi) is 3.29. The predicted molar refractivity (Wildman–Crippen MR) is 55.9 cm³/mol. The lowest BCUT2D eigenvalue weighted by atomic mass is 9.93. The quantitative estimate of drug-likeness (QED) is 0.705. The Morgan fingerprint density at radius 2 is 2.23 bits per heavy atom. The van der Waals surface area contributed by atoms with Crippen molar-refractivity contribution in [3.63, 3.8) is 0 Å². The van der Waals surface area contributed by atoms with Crippen molar-refractivity contribution in [1.82, 2.24) is 10.2 Å². The molecule has 0 aliphatic rings. The van der Waals surface area contributed by atoms with Crippen LogP contribution in [0.4, 0.5) is 0 Å². The lowest BCUT2D eigenvalue weighted by molar-refractivity contribution is 0.711. The molecule has 2 heteroatoms. The predicted octanol–water partition coefficient (Wildman–Crippen LogP) is 3.10. The molecule has 0 radical (unpaired) electrons. The fraction of sp³-hybridized carbons (Fsp3) is 0.545. The van der Waals surface area contributed by atoms with E-state index in [1.807, 2.05) is 13.0 Å². The molecule has 0 bridgehead atoms. The Labute approximate surface area is 80.1 Å². The van der Waals surface area contributed by atoms with Gasteiger partial charge in [0, 0.05) is 17.2 Å². The number of hydrogen-bond donors (Lipinski definition) is 1. The molecule has 1 N–H and O–H groups in total. The summed E-state index contributed by atoms with van der Waals surface area (Å²) in [6.07, 6.45) is 4.36. The molecule has 0 aliphatic heterocycles. The molecule has 13 heavy (non-hydrogen) atoms. The number of rotatable bonds is 4. The molecule has 0 spiro atoms. The zero-order valence-electron chi connectivity index (χ0n) is 8.72. The second-order valence-corrected chi connectivity index (χ2v) is 3.48. The molecular weight excluding hydrogens is 160 g/mol. The molecule has 1 heterocycles. The molecule has 0 aromatic carbocycles. The van der Waals surface area contributed by atoms with Gasteiger partial charge < -0.3 is 0 Å². The van der Waals surface area contributed by atoms with E-state index < -0.39 is 0 Å². The van der Waals surface area contributed by atoms with E-state index in [1.165, 1.54) is 17.7 Å². The first-order chi connectivity index (χ1) is 6.20. The second-order valence-electron chi connectivity index (χ2n) is 3.48. The summed E-state index contributed by atoms with van der Waals surface area (Å²) < 4.78 is 0. The van der Waals surface area contributed by atoms with Crippen molar-refractivity contribution in [2.24, 2.45) is 0 Å². The Hall–Kier alpha value is -1.05. The molecule has 72 valence electrons. The molecule has 1 unspecified atom stereocenters. The molecule has 0 amide bonds. The van der Waals surface area contributed by atoms with Gasteiger partial charge in [-0.15, -0.1) is 6.58 Å². The van der Waals surface area contributed by atoms with Crippen LogP contribution in [0.2, 0.25) is 0 Å². The maximum Gasteiger partial charge on any atom is 0.0631 e. The third-order valence-corrected chi connectivity index (χ3v) is 2.44. The van der Waals surface area contributed by atoms with Crippen molar-refractivity contribution < 1.29 is 0 Å². The summed E-state index contributed by atoms with van der Waals surface area (Å²) in [5.74, 6) is 0.462. The van der Waals surface area contributed by atoms with Crippen LogP contribution >= 0.6 is 0 Å². The Balaban J connectivity index is 2.95. The summed E-state index contributed by atoms with van der Waals surface area (Å²) in [7, 11) is 0. The maximum atomic E-state index is 4.19. The van der Waals surface area contributed by atoms with E-state index >= 15 is 0 Å². The van der Waals surface area contributed by atoms with Crippen molar-refractivity contribution in [3.05, 3.63) is 29.6 Å². The van der Waals surface area contributed by atoms with Crippen molar-refractivity contribution >= 4 is 0 Å². The molecule has 2 nitrogen and oxygen atoms in total. The Bertz CT molecular complexity index is 267. The summed E-state index contributed by atoms with van der Waals surface area (Å²) in [5, 5.41) is 7.21. The largest absolute Gasteiger partial charge is 0.282 e. The summed E-state index contributed by atoms with van der Waals surface area (Å²) in [5.41, 5.74) is 3.61. The second kappa shape index (κ2) is 4.26. The molecule has 0 aliphatic carbocycles. The highest BCUT2D eigenvalue weighted by molar-refractivity contribution is 5.30. The van der Waals surface area contributed by atoms with E-state index in [1.54, 1.807) is 0 Å². The summed E-state index contributed by atoms with van der Waals surface area (Å²) in [6.45, 7) is 10.2. The number of nitrogens with zero attached hydrogens (tertiary/aromatic N) is 1. The standard InChI is InChI=1S/C11H18N2/c1-5-7-10(6-2)11-8(3)12-13-9(11)4/h6,10H,2,5,7H2,1,3-4H3,(H,12,13). The van der Waals surface area contributed by atoms with Gasteiger partial charge in [-0.05, 0) is 20.3 Å². The van der Waals surface area contributed by atoms with Gasteiger partial charge in [0.05, 0.1) is 5.69 Å². The van der Waals surface area contributed by atoms with Gasteiger partial charge in [0.25, 0.3) is 0 Å². The Morgan fingerprint density at radius 1 is 1.54 bits per heavy atom. The van der Waals surface area contributed by atoms with Crippen LogP contribution in [0, 0.1) is 13.8 Å². The number of H-pyrrole nitrogens is 1. The number of aromatic nitrogens is 2. The first-order valence-corrected chi connectivity index (χ1v) is 4.84. The zero-order chi connectivity index (χ0) is 9.84. The van der Waals surface area contributed by atoms with E-state index in [0.29, 0.717) is 5.92 Å². The highest BCUT2D eigenvalue weighted by Gasteiger charge is 2.14. The van der Waals surface area contributed by atoms with Gasteiger partial charge in [-0.1, -0.05) is 19.4 Å². The minimum Gasteiger partial charge on any atom is -0.282 e. The van der Waals surface area contributed by atoms with Crippen LogP contribution in [0.3, 0.4) is 0 Å². The van der Waals surface area contributed by atoms with Gasteiger partial charge in [-0.25, -0.2) is 0 Å². The van der Waals surface area contributed by atoms with Gasteiger partial charge in [0.1, 0.15) is 0 Å².